The van der Waals surface area contributed by atoms with E-state index in [1.54, 1.807) is 0 Å². The molecular weight excluding hydrogens is 262 g/mol. The summed E-state index contributed by atoms with van der Waals surface area (Å²) in [6, 6.07) is 2.16. The fourth-order valence-electron chi connectivity index (χ4n) is 1.48. The molecule has 0 aliphatic carbocycles. The summed E-state index contributed by atoms with van der Waals surface area (Å²) < 4.78 is 51.9. The third-order valence-corrected chi connectivity index (χ3v) is 4.05. The SMILES string of the molecule is CCC(CCN)NS(=O)(=O)c1ccc(F)c(F)c1. The second-order valence-corrected chi connectivity index (χ2v) is 5.59. The normalized spacial score (nSPS) is 13.6. The molecule has 0 aromatic heterocycles. The maximum atomic E-state index is 13.0. The van der Waals surface area contributed by atoms with Crippen LogP contribution in [0.2, 0.25) is 0 Å². The molecule has 0 saturated heterocycles. The Morgan fingerprint density at radius 1 is 1.33 bits per heavy atom. The van der Waals surface area contributed by atoms with Crippen molar-refractivity contribution in [2.45, 2.75) is 30.7 Å². The first-order valence-electron chi connectivity index (χ1n) is 5.58. The van der Waals surface area contributed by atoms with Crippen molar-refractivity contribution in [3.63, 3.8) is 0 Å². The predicted molar refractivity (Wildman–Crippen MR) is 64.4 cm³/mol. The summed E-state index contributed by atoms with van der Waals surface area (Å²) in [7, 11) is -3.85. The molecule has 0 fully saturated rings. The number of nitrogens with two attached hydrogens (primary N) is 1. The Bertz CT molecular complexity index is 506. The number of nitrogens with one attached hydrogen (secondary N) is 1. The standard InChI is InChI=1S/C11H16F2N2O2S/c1-2-8(5-6-14)15-18(16,17)9-3-4-10(12)11(13)7-9/h3-4,7-8,15H,2,5-6,14H2,1H3. The van der Waals surface area contributed by atoms with E-state index in [2.05, 4.69) is 4.72 Å². The van der Waals surface area contributed by atoms with Crippen molar-refractivity contribution in [2.24, 2.45) is 5.73 Å². The maximum Gasteiger partial charge on any atom is 0.240 e. The molecule has 1 unspecified atom stereocenters. The predicted octanol–water partition coefficient (Wildman–Crippen LogP) is 1.37. The third kappa shape index (κ3) is 3.72. The Hall–Kier alpha value is -1.05. The van der Waals surface area contributed by atoms with Gasteiger partial charge in [0.1, 0.15) is 0 Å². The highest BCUT2D eigenvalue weighted by atomic mass is 32.2. The van der Waals surface area contributed by atoms with Crippen molar-refractivity contribution in [1.82, 2.24) is 4.72 Å². The average Bonchev–Trinajstić information content (AvgIpc) is 2.31. The summed E-state index contributed by atoms with van der Waals surface area (Å²) in [5, 5.41) is 0. The van der Waals surface area contributed by atoms with Crippen LogP contribution >= 0.6 is 0 Å². The Morgan fingerprint density at radius 3 is 2.50 bits per heavy atom. The van der Waals surface area contributed by atoms with Gasteiger partial charge in [-0.1, -0.05) is 6.92 Å². The molecule has 3 N–H and O–H groups in total. The van der Waals surface area contributed by atoms with E-state index in [-0.39, 0.29) is 10.9 Å². The van der Waals surface area contributed by atoms with E-state index < -0.39 is 21.7 Å². The summed E-state index contributed by atoms with van der Waals surface area (Å²) in [4.78, 5) is -0.295. The van der Waals surface area contributed by atoms with Gasteiger partial charge in [-0.25, -0.2) is 21.9 Å². The fraction of sp³-hybridized carbons (Fsp3) is 0.455. The lowest BCUT2D eigenvalue weighted by Crippen LogP contribution is -2.35. The molecule has 1 aromatic rings. The van der Waals surface area contributed by atoms with Crippen molar-refractivity contribution >= 4 is 10.0 Å². The van der Waals surface area contributed by atoms with Crippen LogP contribution in [-0.4, -0.2) is 21.0 Å². The molecule has 0 saturated carbocycles. The molecule has 0 radical (unpaired) electrons. The first-order chi connectivity index (χ1) is 8.40. The van der Waals surface area contributed by atoms with E-state index in [0.717, 1.165) is 12.1 Å². The topological polar surface area (TPSA) is 72.2 Å². The summed E-state index contributed by atoms with van der Waals surface area (Å²) in [5.41, 5.74) is 5.36. The van der Waals surface area contributed by atoms with Crippen LogP contribution in [0.4, 0.5) is 8.78 Å². The summed E-state index contributed by atoms with van der Waals surface area (Å²) in [5.74, 6) is -2.27. The van der Waals surface area contributed by atoms with Gasteiger partial charge in [-0.15, -0.1) is 0 Å². The van der Waals surface area contributed by atoms with E-state index >= 15 is 0 Å². The highest BCUT2D eigenvalue weighted by Crippen LogP contribution is 2.14. The number of sulfonamides is 1. The minimum absolute atomic E-state index is 0.295. The molecule has 1 rings (SSSR count). The molecule has 0 aliphatic rings. The average molecular weight is 278 g/mol. The van der Waals surface area contributed by atoms with E-state index in [1.807, 2.05) is 6.92 Å². The van der Waals surface area contributed by atoms with Crippen LogP contribution in [-0.2, 0) is 10.0 Å². The largest absolute Gasteiger partial charge is 0.330 e. The Kier molecular flexibility index (Phi) is 5.18. The second-order valence-electron chi connectivity index (χ2n) is 3.88. The third-order valence-electron chi connectivity index (χ3n) is 2.53. The monoisotopic (exact) mass is 278 g/mol. The number of halogens is 2. The van der Waals surface area contributed by atoms with Gasteiger partial charge in [0.05, 0.1) is 4.90 Å². The summed E-state index contributed by atoms with van der Waals surface area (Å²) >= 11 is 0. The maximum absolute atomic E-state index is 13.0. The second kappa shape index (κ2) is 6.21. The van der Waals surface area contributed by atoms with Crippen LogP contribution < -0.4 is 10.5 Å². The van der Waals surface area contributed by atoms with Crippen LogP contribution in [0.15, 0.2) is 23.1 Å². The molecule has 7 heteroatoms. The minimum atomic E-state index is -3.85. The van der Waals surface area contributed by atoms with Gasteiger partial charge in [-0.2, -0.15) is 0 Å². The van der Waals surface area contributed by atoms with Crippen molar-refractivity contribution in [2.75, 3.05) is 6.54 Å². The zero-order chi connectivity index (χ0) is 13.8. The van der Waals surface area contributed by atoms with Gasteiger partial charge in [0, 0.05) is 6.04 Å². The number of hydrogen-bond acceptors (Lipinski definition) is 3. The zero-order valence-corrected chi connectivity index (χ0v) is 10.8. The lowest BCUT2D eigenvalue weighted by molar-refractivity contribution is 0.500. The van der Waals surface area contributed by atoms with Crippen LogP contribution in [0.5, 0.6) is 0 Å². The van der Waals surface area contributed by atoms with Crippen LogP contribution in [0.25, 0.3) is 0 Å². The van der Waals surface area contributed by atoms with Gasteiger partial charge in [0.25, 0.3) is 0 Å². The van der Waals surface area contributed by atoms with Crippen molar-refractivity contribution < 1.29 is 17.2 Å². The molecule has 4 nitrogen and oxygen atoms in total. The molecule has 0 heterocycles. The van der Waals surface area contributed by atoms with Crippen LogP contribution in [0, 0.1) is 11.6 Å². The van der Waals surface area contributed by atoms with Crippen molar-refractivity contribution in [3.05, 3.63) is 29.8 Å². The Morgan fingerprint density at radius 2 is 2.00 bits per heavy atom. The van der Waals surface area contributed by atoms with E-state index in [1.165, 1.54) is 0 Å². The highest BCUT2D eigenvalue weighted by Gasteiger charge is 2.20. The molecule has 1 atom stereocenters. The fourth-order valence-corrected chi connectivity index (χ4v) is 2.84. The van der Waals surface area contributed by atoms with Crippen molar-refractivity contribution in [1.29, 1.82) is 0 Å². The van der Waals surface area contributed by atoms with Gasteiger partial charge in [0.2, 0.25) is 10.0 Å². The lowest BCUT2D eigenvalue weighted by Gasteiger charge is -2.16. The first kappa shape index (κ1) is 15.0. The van der Waals surface area contributed by atoms with Crippen molar-refractivity contribution in [3.8, 4) is 0 Å². The molecule has 18 heavy (non-hydrogen) atoms. The van der Waals surface area contributed by atoms with Crippen LogP contribution in [0.3, 0.4) is 0 Å². The number of rotatable bonds is 6. The Labute approximate surface area is 105 Å². The smallest absolute Gasteiger partial charge is 0.240 e. The minimum Gasteiger partial charge on any atom is -0.330 e. The number of benzene rings is 1. The van der Waals surface area contributed by atoms with Gasteiger partial charge in [-0.3, -0.25) is 0 Å². The molecular formula is C11H16F2N2O2S. The van der Waals surface area contributed by atoms with Gasteiger partial charge in [0.15, 0.2) is 11.6 Å². The quantitative estimate of drug-likeness (QED) is 0.825. The lowest BCUT2D eigenvalue weighted by atomic mass is 10.2. The molecule has 102 valence electrons. The molecule has 0 amide bonds. The molecule has 0 bridgehead atoms. The molecule has 0 aliphatic heterocycles. The zero-order valence-electron chi connectivity index (χ0n) is 9.99. The van der Waals surface area contributed by atoms with E-state index in [9.17, 15) is 17.2 Å². The van der Waals surface area contributed by atoms with E-state index in [0.29, 0.717) is 25.5 Å². The number of hydrogen-bond donors (Lipinski definition) is 2. The first-order valence-corrected chi connectivity index (χ1v) is 7.06. The van der Waals surface area contributed by atoms with Gasteiger partial charge >= 0.3 is 0 Å². The highest BCUT2D eigenvalue weighted by molar-refractivity contribution is 7.89. The summed E-state index contributed by atoms with van der Waals surface area (Å²) in [6.07, 6.45) is 1.06. The van der Waals surface area contributed by atoms with Gasteiger partial charge in [-0.05, 0) is 37.6 Å². The Balaban J connectivity index is 2.95. The van der Waals surface area contributed by atoms with E-state index in [4.69, 9.17) is 5.73 Å². The summed E-state index contributed by atoms with van der Waals surface area (Å²) in [6.45, 7) is 2.16. The van der Waals surface area contributed by atoms with Crippen LogP contribution in [0.1, 0.15) is 19.8 Å². The van der Waals surface area contributed by atoms with Gasteiger partial charge < -0.3 is 5.73 Å². The molecule has 1 aromatic carbocycles. The molecule has 0 spiro atoms.